The van der Waals surface area contributed by atoms with Crippen LogP contribution in [-0.2, 0) is 0 Å². The monoisotopic (exact) mass is 438 g/mol. The summed E-state index contributed by atoms with van der Waals surface area (Å²) in [4.78, 5) is 30.7. The standard InChI is InChI=1S/C22H26N6O2S/c1-15-11-19(30-26-15)17-12-23-22(28-7-3-2-4-8-28)25-20(17)16-5-9-27(10-6-16)21(29)18-13-31-14-24-18/h11-14,16H,2-10H2,1H3. The van der Waals surface area contributed by atoms with Crippen molar-refractivity contribution in [3.63, 3.8) is 0 Å². The Balaban J connectivity index is 1.40. The van der Waals surface area contributed by atoms with Gasteiger partial charge in [-0.1, -0.05) is 5.16 Å². The SMILES string of the molecule is Cc1cc(-c2cnc(N3CCCCC3)nc2C2CCN(C(=O)c3cscn3)CC2)on1. The van der Waals surface area contributed by atoms with Crippen molar-refractivity contribution in [1.82, 2.24) is 25.0 Å². The molecule has 3 aromatic rings. The number of aromatic nitrogens is 4. The lowest BCUT2D eigenvalue weighted by Crippen LogP contribution is -2.38. The van der Waals surface area contributed by atoms with Crippen LogP contribution in [0.5, 0.6) is 0 Å². The molecule has 9 heteroatoms. The Morgan fingerprint density at radius 2 is 1.94 bits per heavy atom. The Kier molecular flexibility index (Phi) is 5.67. The van der Waals surface area contributed by atoms with Crippen molar-refractivity contribution < 1.29 is 9.32 Å². The first-order chi connectivity index (χ1) is 15.2. The maximum atomic E-state index is 12.7. The second-order valence-corrected chi connectivity index (χ2v) is 9.01. The van der Waals surface area contributed by atoms with E-state index in [4.69, 9.17) is 9.51 Å². The lowest BCUT2D eigenvalue weighted by atomic mass is 9.90. The number of amides is 1. The van der Waals surface area contributed by atoms with Gasteiger partial charge in [-0.3, -0.25) is 4.79 Å². The molecule has 0 unspecified atom stereocenters. The van der Waals surface area contributed by atoms with Crippen LogP contribution in [0.1, 0.15) is 59.9 Å². The van der Waals surface area contributed by atoms with Crippen molar-refractivity contribution in [3.05, 3.63) is 40.2 Å². The summed E-state index contributed by atoms with van der Waals surface area (Å²) in [5.74, 6) is 1.77. The fourth-order valence-corrected chi connectivity index (χ4v) is 4.99. The maximum absolute atomic E-state index is 12.7. The first-order valence-corrected chi connectivity index (χ1v) is 11.9. The number of piperidine rings is 2. The summed E-state index contributed by atoms with van der Waals surface area (Å²) in [6, 6.07) is 1.93. The van der Waals surface area contributed by atoms with Gasteiger partial charge in [-0.15, -0.1) is 11.3 Å². The lowest BCUT2D eigenvalue weighted by Gasteiger charge is -2.33. The van der Waals surface area contributed by atoms with Crippen molar-refractivity contribution in [2.24, 2.45) is 0 Å². The number of anilines is 1. The molecule has 0 atom stereocenters. The Labute approximate surface area is 185 Å². The molecular weight excluding hydrogens is 412 g/mol. The summed E-state index contributed by atoms with van der Waals surface area (Å²) in [5, 5.41) is 5.87. The van der Waals surface area contributed by atoms with Crippen LogP contribution in [0.2, 0.25) is 0 Å². The molecule has 1 amide bonds. The Morgan fingerprint density at radius 1 is 1.13 bits per heavy atom. The van der Waals surface area contributed by atoms with Crippen molar-refractivity contribution in [2.75, 3.05) is 31.1 Å². The first kappa shape index (κ1) is 20.1. The van der Waals surface area contributed by atoms with Crippen LogP contribution in [0.15, 0.2) is 27.7 Å². The highest BCUT2D eigenvalue weighted by Gasteiger charge is 2.29. The summed E-state index contributed by atoms with van der Waals surface area (Å²) in [6.07, 6.45) is 7.22. The van der Waals surface area contributed by atoms with Crippen molar-refractivity contribution in [2.45, 2.75) is 44.9 Å². The number of thiazole rings is 1. The molecule has 0 aromatic carbocycles. The molecule has 0 spiro atoms. The highest BCUT2D eigenvalue weighted by Crippen LogP contribution is 2.35. The van der Waals surface area contributed by atoms with Crippen molar-refractivity contribution in [3.8, 4) is 11.3 Å². The third kappa shape index (κ3) is 4.19. The van der Waals surface area contributed by atoms with E-state index in [0.717, 1.165) is 48.8 Å². The number of hydrogen-bond acceptors (Lipinski definition) is 8. The van der Waals surface area contributed by atoms with Crippen LogP contribution in [-0.4, -0.2) is 57.1 Å². The Hall–Kier alpha value is -2.81. The zero-order valence-corrected chi connectivity index (χ0v) is 18.5. The van der Waals surface area contributed by atoms with E-state index >= 15 is 0 Å². The van der Waals surface area contributed by atoms with Gasteiger partial charge >= 0.3 is 0 Å². The molecule has 0 saturated carbocycles. The van der Waals surface area contributed by atoms with Gasteiger partial charge in [0.2, 0.25) is 5.95 Å². The third-order valence-electron chi connectivity index (χ3n) is 6.16. The van der Waals surface area contributed by atoms with Crippen LogP contribution in [0.3, 0.4) is 0 Å². The van der Waals surface area contributed by atoms with E-state index in [1.807, 2.05) is 29.5 Å². The number of carbonyl (C=O) groups is 1. The Bertz CT molecular complexity index is 1040. The average Bonchev–Trinajstić information content (AvgIpc) is 3.51. The molecule has 5 heterocycles. The average molecular weight is 439 g/mol. The predicted molar refractivity (Wildman–Crippen MR) is 118 cm³/mol. The highest BCUT2D eigenvalue weighted by molar-refractivity contribution is 7.07. The largest absolute Gasteiger partial charge is 0.356 e. The smallest absolute Gasteiger partial charge is 0.273 e. The maximum Gasteiger partial charge on any atom is 0.273 e. The molecule has 2 fully saturated rings. The third-order valence-corrected chi connectivity index (χ3v) is 6.74. The van der Waals surface area contributed by atoms with Crippen LogP contribution in [0, 0.1) is 6.92 Å². The Morgan fingerprint density at radius 3 is 2.61 bits per heavy atom. The minimum atomic E-state index is 0.0162. The normalized spacial score (nSPS) is 17.8. The number of likely N-dealkylation sites (tertiary alicyclic amines) is 1. The second-order valence-electron chi connectivity index (χ2n) is 8.29. The van der Waals surface area contributed by atoms with Gasteiger partial charge in [0.15, 0.2) is 5.76 Å². The fourth-order valence-electron chi connectivity index (χ4n) is 4.46. The van der Waals surface area contributed by atoms with Gasteiger partial charge in [-0.25, -0.2) is 15.0 Å². The van der Waals surface area contributed by atoms with E-state index < -0.39 is 0 Å². The molecule has 31 heavy (non-hydrogen) atoms. The number of nitrogens with zero attached hydrogens (tertiary/aromatic N) is 6. The molecule has 0 radical (unpaired) electrons. The number of rotatable bonds is 4. The molecule has 0 aliphatic carbocycles. The molecule has 8 nitrogen and oxygen atoms in total. The summed E-state index contributed by atoms with van der Waals surface area (Å²) in [7, 11) is 0. The van der Waals surface area contributed by atoms with Crippen LogP contribution in [0.4, 0.5) is 5.95 Å². The molecule has 0 bridgehead atoms. The molecular formula is C22H26N6O2S. The molecule has 0 N–H and O–H groups in total. The minimum absolute atomic E-state index is 0.0162. The van der Waals surface area contributed by atoms with Gasteiger partial charge in [0.1, 0.15) is 5.69 Å². The second kappa shape index (κ2) is 8.74. The van der Waals surface area contributed by atoms with Gasteiger partial charge in [0, 0.05) is 49.7 Å². The number of hydrogen-bond donors (Lipinski definition) is 0. The first-order valence-electron chi connectivity index (χ1n) is 10.9. The van der Waals surface area contributed by atoms with Gasteiger partial charge in [0.25, 0.3) is 5.91 Å². The van der Waals surface area contributed by atoms with E-state index in [-0.39, 0.29) is 11.8 Å². The van der Waals surface area contributed by atoms with Gasteiger partial charge in [-0.05, 0) is 39.0 Å². The fraction of sp³-hybridized carbons (Fsp3) is 0.500. The predicted octanol–water partition coefficient (Wildman–Crippen LogP) is 3.91. The van der Waals surface area contributed by atoms with E-state index in [9.17, 15) is 4.79 Å². The van der Waals surface area contributed by atoms with Crippen molar-refractivity contribution in [1.29, 1.82) is 0 Å². The zero-order valence-electron chi connectivity index (χ0n) is 17.7. The number of carbonyl (C=O) groups excluding carboxylic acids is 1. The van der Waals surface area contributed by atoms with Crippen LogP contribution >= 0.6 is 11.3 Å². The van der Waals surface area contributed by atoms with E-state index in [1.54, 1.807) is 5.51 Å². The summed E-state index contributed by atoms with van der Waals surface area (Å²) >= 11 is 1.45. The molecule has 2 aliphatic heterocycles. The quantitative estimate of drug-likeness (QED) is 0.610. The lowest BCUT2D eigenvalue weighted by molar-refractivity contribution is 0.0707. The van der Waals surface area contributed by atoms with Crippen molar-refractivity contribution >= 4 is 23.2 Å². The molecule has 2 saturated heterocycles. The molecule has 162 valence electrons. The van der Waals surface area contributed by atoms with Gasteiger partial charge in [-0.2, -0.15) is 0 Å². The minimum Gasteiger partial charge on any atom is -0.356 e. The van der Waals surface area contributed by atoms with Crippen LogP contribution in [0.25, 0.3) is 11.3 Å². The number of aryl methyl sites for hydroxylation is 1. The van der Waals surface area contributed by atoms with Gasteiger partial charge in [0.05, 0.1) is 22.5 Å². The topological polar surface area (TPSA) is 88.3 Å². The van der Waals surface area contributed by atoms with E-state index in [2.05, 4.69) is 20.0 Å². The van der Waals surface area contributed by atoms with E-state index in [0.29, 0.717) is 24.5 Å². The highest BCUT2D eigenvalue weighted by atomic mass is 32.1. The molecule has 5 rings (SSSR count). The van der Waals surface area contributed by atoms with Gasteiger partial charge < -0.3 is 14.3 Å². The summed E-state index contributed by atoms with van der Waals surface area (Å²) in [6.45, 7) is 5.30. The molecule has 3 aromatic heterocycles. The summed E-state index contributed by atoms with van der Waals surface area (Å²) in [5.41, 5.74) is 4.99. The van der Waals surface area contributed by atoms with E-state index in [1.165, 1.54) is 30.6 Å². The zero-order chi connectivity index (χ0) is 21.2. The summed E-state index contributed by atoms with van der Waals surface area (Å²) < 4.78 is 5.56. The molecule has 2 aliphatic rings. The van der Waals surface area contributed by atoms with Crippen LogP contribution < -0.4 is 4.90 Å².